The van der Waals surface area contributed by atoms with E-state index in [1.807, 2.05) is 13.8 Å². The predicted molar refractivity (Wildman–Crippen MR) is 77.6 cm³/mol. The van der Waals surface area contributed by atoms with Crippen molar-refractivity contribution in [1.29, 1.82) is 0 Å². The van der Waals surface area contributed by atoms with Gasteiger partial charge in [0.1, 0.15) is 11.6 Å². The van der Waals surface area contributed by atoms with Gasteiger partial charge in [-0.15, -0.1) is 0 Å². The van der Waals surface area contributed by atoms with Gasteiger partial charge in [-0.05, 0) is 31.4 Å². The van der Waals surface area contributed by atoms with Crippen LogP contribution in [-0.4, -0.2) is 20.8 Å². The van der Waals surface area contributed by atoms with Gasteiger partial charge >= 0.3 is 0 Å². The van der Waals surface area contributed by atoms with Gasteiger partial charge in [0.2, 0.25) is 10.0 Å². The van der Waals surface area contributed by atoms with Gasteiger partial charge in [0.15, 0.2) is 0 Å². The number of aryl methyl sites for hydroxylation is 1. The van der Waals surface area contributed by atoms with E-state index in [-0.39, 0.29) is 18.2 Å². The van der Waals surface area contributed by atoms with Gasteiger partial charge in [0.05, 0.1) is 12.4 Å². The molecule has 0 radical (unpaired) electrons. The van der Waals surface area contributed by atoms with Crippen LogP contribution in [0.5, 0.6) is 5.75 Å². The van der Waals surface area contributed by atoms with E-state index >= 15 is 0 Å². The lowest BCUT2D eigenvalue weighted by Crippen LogP contribution is -2.37. The topological polar surface area (TPSA) is 69.4 Å². The average molecular weight is 303 g/mol. The van der Waals surface area contributed by atoms with E-state index in [9.17, 15) is 12.8 Å². The van der Waals surface area contributed by atoms with Crippen LogP contribution in [0.4, 0.5) is 4.39 Å². The van der Waals surface area contributed by atoms with Crippen LogP contribution in [0.15, 0.2) is 18.2 Å². The van der Waals surface area contributed by atoms with Crippen molar-refractivity contribution in [2.45, 2.75) is 33.6 Å². The molecule has 0 aliphatic carbocycles. The van der Waals surface area contributed by atoms with Gasteiger partial charge in [-0.3, -0.25) is 0 Å². The third-order valence-corrected chi connectivity index (χ3v) is 4.71. The predicted octanol–water partition coefficient (Wildman–Crippen LogP) is 2.61. The van der Waals surface area contributed by atoms with Gasteiger partial charge in [-0.25, -0.2) is 17.9 Å². The molecule has 1 aromatic carbocycles. The fourth-order valence-electron chi connectivity index (χ4n) is 2.03. The first-order valence-corrected chi connectivity index (χ1v) is 8.32. The molecule has 20 heavy (non-hydrogen) atoms. The number of rotatable bonds is 7. The molecule has 0 spiro atoms. The van der Waals surface area contributed by atoms with Crippen molar-refractivity contribution in [1.82, 2.24) is 0 Å². The number of nitrogens with two attached hydrogens (primary N) is 1. The first kappa shape index (κ1) is 16.9. The van der Waals surface area contributed by atoms with Gasteiger partial charge < -0.3 is 4.74 Å². The van der Waals surface area contributed by atoms with Crippen molar-refractivity contribution >= 4 is 10.0 Å². The highest BCUT2D eigenvalue weighted by atomic mass is 32.2. The lowest BCUT2D eigenvalue weighted by atomic mass is 9.85. The third kappa shape index (κ3) is 4.76. The van der Waals surface area contributed by atoms with Crippen molar-refractivity contribution in [3.8, 4) is 5.75 Å². The molecule has 1 rings (SSSR count). The maximum Gasteiger partial charge on any atom is 0.209 e. The summed E-state index contributed by atoms with van der Waals surface area (Å²) in [5, 5.41) is 5.14. The highest BCUT2D eigenvalue weighted by molar-refractivity contribution is 7.89. The fourth-order valence-corrected chi connectivity index (χ4v) is 3.37. The van der Waals surface area contributed by atoms with Crippen molar-refractivity contribution < 1.29 is 17.5 Å². The minimum absolute atomic E-state index is 0.138. The lowest BCUT2D eigenvalue weighted by molar-refractivity contribution is 0.154. The van der Waals surface area contributed by atoms with Crippen LogP contribution in [0.1, 0.15) is 32.3 Å². The van der Waals surface area contributed by atoms with Crippen molar-refractivity contribution in [3.63, 3.8) is 0 Å². The summed E-state index contributed by atoms with van der Waals surface area (Å²) in [6.07, 6.45) is 1.24. The Morgan fingerprint density at radius 3 is 2.35 bits per heavy atom. The molecule has 0 heterocycles. The van der Waals surface area contributed by atoms with Crippen LogP contribution in [0, 0.1) is 18.2 Å². The molecule has 6 heteroatoms. The minimum Gasteiger partial charge on any atom is -0.493 e. The molecule has 0 bridgehead atoms. The van der Waals surface area contributed by atoms with Crippen LogP contribution in [-0.2, 0) is 10.0 Å². The van der Waals surface area contributed by atoms with Gasteiger partial charge in [-0.2, -0.15) is 0 Å². The second-order valence-electron chi connectivity index (χ2n) is 5.21. The summed E-state index contributed by atoms with van der Waals surface area (Å²) in [5.41, 5.74) is -0.00582. The molecule has 0 atom stereocenters. The number of hydrogen-bond donors (Lipinski definition) is 1. The Bertz CT molecular complexity index is 554. The number of primary sulfonamides is 1. The zero-order valence-electron chi connectivity index (χ0n) is 12.1. The first-order valence-electron chi connectivity index (χ1n) is 6.61. The maximum atomic E-state index is 13.4. The minimum atomic E-state index is -3.58. The summed E-state index contributed by atoms with van der Waals surface area (Å²) in [6.45, 7) is 5.66. The van der Waals surface area contributed by atoms with E-state index in [0.717, 1.165) is 0 Å². The average Bonchev–Trinajstić information content (AvgIpc) is 2.37. The van der Waals surface area contributed by atoms with Crippen molar-refractivity contribution in [2.75, 3.05) is 12.4 Å². The molecule has 4 nitrogen and oxygen atoms in total. The maximum absolute atomic E-state index is 13.4. The number of halogens is 1. The monoisotopic (exact) mass is 303 g/mol. The number of sulfonamides is 1. The SMILES string of the molecule is CCC(CC)(COc1ccc(C)c(F)c1)CS(N)(=O)=O. The molecular formula is C14H22FNO3S. The van der Waals surface area contributed by atoms with Crippen LogP contribution < -0.4 is 9.88 Å². The molecule has 0 aliphatic heterocycles. The molecule has 0 saturated carbocycles. The van der Waals surface area contributed by atoms with E-state index in [0.29, 0.717) is 24.2 Å². The molecule has 1 aromatic rings. The molecule has 0 saturated heterocycles. The van der Waals surface area contributed by atoms with E-state index in [4.69, 9.17) is 9.88 Å². The highest BCUT2D eigenvalue weighted by Crippen LogP contribution is 2.29. The highest BCUT2D eigenvalue weighted by Gasteiger charge is 2.32. The van der Waals surface area contributed by atoms with E-state index < -0.39 is 15.4 Å². The standard InChI is InChI=1S/C14H22FNO3S/c1-4-14(5-2,10-20(16,17)18)9-19-12-7-6-11(3)13(15)8-12/h6-8H,4-5,9-10H2,1-3H3,(H2,16,17,18). The lowest BCUT2D eigenvalue weighted by Gasteiger charge is -2.30. The Morgan fingerprint density at radius 2 is 1.90 bits per heavy atom. The van der Waals surface area contributed by atoms with Crippen LogP contribution >= 0.6 is 0 Å². The zero-order chi connectivity index (χ0) is 15.4. The number of ether oxygens (including phenoxy) is 1. The van der Waals surface area contributed by atoms with E-state index in [2.05, 4.69) is 0 Å². The molecule has 0 aliphatic rings. The van der Waals surface area contributed by atoms with Crippen molar-refractivity contribution in [3.05, 3.63) is 29.6 Å². The second kappa shape index (κ2) is 6.54. The summed E-state index contributed by atoms with van der Waals surface area (Å²) < 4.78 is 41.7. The quantitative estimate of drug-likeness (QED) is 0.841. The van der Waals surface area contributed by atoms with Gasteiger partial charge in [0, 0.05) is 11.5 Å². The Morgan fingerprint density at radius 1 is 1.30 bits per heavy atom. The Kier molecular flexibility index (Phi) is 5.53. The molecule has 0 unspecified atom stereocenters. The van der Waals surface area contributed by atoms with Crippen LogP contribution in [0.3, 0.4) is 0 Å². The fraction of sp³-hybridized carbons (Fsp3) is 0.571. The Hall–Kier alpha value is -1.14. The normalized spacial score (nSPS) is 12.4. The molecular weight excluding hydrogens is 281 g/mol. The number of benzene rings is 1. The molecule has 114 valence electrons. The zero-order valence-corrected chi connectivity index (χ0v) is 13.0. The number of hydrogen-bond acceptors (Lipinski definition) is 3. The second-order valence-corrected chi connectivity index (χ2v) is 6.83. The molecule has 0 aromatic heterocycles. The van der Waals surface area contributed by atoms with Crippen LogP contribution in [0.25, 0.3) is 0 Å². The largest absolute Gasteiger partial charge is 0.493 e. The summed E-state index contributed by atoms with van der Waals surface area (Å²) in [4.78, 5) is 0. The summed E-state index contributed by atoms with van der Waals surface area (Å²) in [6, 6.07) is 4.61. The van der Waals surface area contributed by atoms with Crippen molar-refractivity contribution in [2.24, 2.45) is 10.6 Å². The molecule has 2 N–H and O–H groups in total. The third-order valence-electron chi connectivity index (χ3n) is 3.70. The summed E-state index contributed by atoms with van der Waals surface area (Å²) in [7, 11) is -3.58. The molecule has 0 fully saturated rings. The van der Waals surface area contributed by atoms with E-state index in [1.165, 1.54) is 6.07 Å². The Balaban J connectivity index is 2.83. The summed E-state index contributed by atoms with van der Waals surface area (Å²) in [5.74, 6) is -0.0808. The Labute approximate surface area is 120 Å². The van der Waals surface area contributed by atoms with Gasteiger partial charge in [0.25, 0.3) is 0 Å². The first-order chi connectivity index (χ1) is 9.21. The van der Waals surface area contributed by atoms with E-state index in [1.54, 1.807) is 19.1 Å². The van der Waals surface area contributed by atoms with Crippen LogP contribution in [0.2, 0.25) is 0 Å². The van der Waals surface area contributed by atoms with Gasteiger partial charge in [-0.1, -0.05) is 19.9 Å². The smallest absolute Gasteiger partial charge is 0.209 e. The molecule has 0 amide bonds. The summed E-state index contributed by atoms with van der Waals surface area (Å²) >= 11 is 0.